The molecule has 176 valence electrons. The Morgan fingerprint density at radius 1 is 1.00 bits per heavy atom. The first kappa shape index (κ1) is 24.6. The fourth-order valence-corrected chi connectivity index (χ4v) is 3.96. The number of hydrazone groups is 1. The summed E-state index contributed by atoms with van der Waals surface area (Å²) in [4.78, 5) is 12.2. The molecule has 0 spiro atoms. The molecule has 7 N–H and O–H groups in total. The predicted molar refractivity (Wildman–Crippen MR) is 127 cm³/mol. The van der Waals surface area contributed by atoms with Gasteiger partial charge in [-0.15, -0.1) is 0 Å². The number of rotatable bonds is 6. The van der Waals surface area contributed by atoms with Crippen LogP contribution in [0.4, 0.5) is 14.5 Å². The molecule has 8 nitrogen and oxygen atoms in total. The lowest BCUT2D eigenvalue weighted by Crippen LogP contribution is -2.16. The Kier molecular flexibility index (Phi) is 7.08. The largest absolute Gasteiger partial charge is 0.382 e. The van der Waals surface area contributed by atoms with E-state index in [1.54, 1.807) is 24.3 Å². The van der Waals surface area contributed by atoms with Crippen molar-refractivity contribution in [2.75, 3.05) is 5.32 Å². The van der Waals surface area contributed by atoms with E-state index in [1.807, 2.05) is 0 Å². The van der Waals surface area contributed by atoms with Gasteiger partial charge in [0.25, 0.3) is 5.91 Å². The van der Waals surface area contributed by atoms with E-state index in [1.165, 1.54) is 43.3 Å². The van der Waals surface area contributed by atoms with Gasteiger partial charge in [0.15, 0.2) is 5.83 Å². The molecule has 3 aromatic carbocycles. The van der Waals surface area contributed by atoms with E-state index >= 15 is 0 Å². The molecule has 0 radical (unpaired) electrons. The Balaban J connectivity index is 1.89. The second kappa shape index (κ2) is 9.81. The van der Waals surface area contributed by atoms with Crippen molar-refractivity contribution in [3.8, 4) is 11.1 Å². The minimum absolute atomic E-state index is 0.0109. The maximum atomic E-state index is 14.8. The van der Waals surface area contributed by atoms with Gasteiger partial charge >= 0.3 is 0 Å². The van der Waals surface area contributed by atoms with Crippen molar-refractivity contribution < 1.29 is 22.0 Å². The Bertz CT molecular complexity index is 1440. The van der Waals surface area contributed by atoms with E-state index in [4.69, 9.17) is 16.7 Å². The summed E-state index contributed by atoms with van der Waals surface area (Å²) in [5, 5.41) is 10.8. The molecular weight excluding hydrogens is 464 g/mol. The van der Waals surface area contributed by atoms with Crippen LogP contribution in [0.15, 0.2) is 82.6 Å². The zero-order chi connectivity index (χ0) is 25.0. The second-order valence-electron chi connectivity index (χ2n) is 7.22. The third-order valence-corrected chi connectivity index (χ3v) is 5.95. The summed E-state index contributed by atoms with van der Waals surface area (Å²) in [6.07, 6.45) is 0. The minimum Gasteiger partial charge on any atom is -0.382 e. The molecule has 3 rings (SSSR count). The van der Waals surface area contributed by atoms with Crippen LogP contribution in [0.2, 0.25) is 0 Å². The maximum Gasteiger partial charge on any atom is 0.284 e. The highest BCUT2D eigenvalue weighted by Crippen LogP contribution is 2.30. The number of nitrogens with one attached hydrogen (secondary N) is 1. The number of hydrogen-bond donors (Lipinski definition) is 4. The van der Waals surface area contributed by atoms with E-state index in [9.17, 15) is 22.0 Å². The molecule has 1 amide bonds. The maximum absolute atomic E-state index is 14.8. The van der Waals surface area contributed by atoms with Gasteiger partial charge in [0, 0.05) is 11.1 Å². The van der Waals surface area contributed by atoms with E-state index in [2.05, 4.69) is 10.4 Å². The highest BCUT2D eigenvalue weighted by atomic mass is 32.2. The summed E-state index contributed by atoms with van der Waals surface area (Å²) in [6, 6.07) is 15.7. The molecule has 0 atom stereocenters. The number of sulfonamides is 1. The summed E-state index contributed by atoms with van der Waals surface area (Å²) < 4.78 is 53.2. The first-order valence-electron chi connectivity index (χ1n) is 9.76. The van der Waals surface area contributed by atoms with Crippen LogP contribution in [0.3, 0.4) is 0 Å². The van der Waals surface area contributed by atoms with Gasteiger partial charge in [-0.2, -0.15) is 5.10 Å². The summed E-state index contributed by atoms with van der Waals surface area (Å²) >= 11 is 0. The third-order valence-electron chi connectivity index (χ3n) is 4.98. The van der Waals surface area contributed by atoms with Crippen LogP contribution in [0.5, 0.6) is 0 Å². The van der Waals surface area contributed by atoms with Crippen molar-refractivity contribution in [3.63, 3.8) is 0 Å². The van der Waals surface area contributed by atoms with E-state index in [-0.39, 0.29) is 33.1 Å². The number of nitrogens with zero attached hydrogens (tertiary/aromatic N) is 1. The van der Waals surface area contributed by atoms with Crippen molar-refractivity contribution in [1.29, 1.82) is 0 Å². The van der Waals surface area contributed by atoms with Gasteiger partial charge in [0.2, 0.25) is 10.0 Å². The van der Waals surface area contributed by atoms with E-state index in [0.29, 0.717) is 11.1 Å². The number of halogens is 2. The lowest BCUT2D eigenvalue weighted by atomic mass is 10.0. The standard InChI is InChI=1S/C23H21F2N5O3S/c1-13(14-5-4-6-16(11-14)22(26)30-27)21(25)23(31)29-19-10-9-15(12-18(19)24)17-7-2-3-8-20(17)34(28,32)33/h2-12H,27H2,1H3,(H2,26,30)(H,29,31)(H2,28,32,33)/b21-13+. The molecule has 0 saturated carbocycles. The van der Waals surface area contributed by atoms with Crippen LogP contribution in [0.1, 0.15) is 18.1 Å². The quantitative estimate of drug-likeness (QED) is 0.139. The number of hydrogen-bond acceptors (Lipinski definition) is 5. The van der Waals surface area contributed by atoms with Crippen molar-refractivity contribution in [2.45, 2.75) is 11.8 Å². The third kappa shape index (κ3) is 5.27. The zero-order valence-electron chi connectivity index (χ0n) is 17.9. The molecule has 0 aliphatic rings. The zero-order valence-corrected chi connectivity index (χ0v) is 18.7. The van der Waals surface area contributed by atoms with E-state index < -0.39 is 27.6 Å². The Labute approximate surface area is 194 Å². The lowest BCUT2D eigenvalue weighted by Gasteiger charge is -2.11. The number of amidine groups is 1. The summed E-state index contributed by atoms with van der Waals surface area (Å²) in [7, 11) is -4.05. The number of benzene rings is 3. The van der Waals surface area contributed by atoms with Gasteiger partial charge < -0.3 is 16.9 Å². The summed E-state index contributed by atoms with van der Waals surface area (Å²) in [5.74, 6) is 1.99. The number of primary sulfonamides is 1. The predicted octanol–water partition coefficient (Wildman–Crippen LogP) is 3.06. The minimum atomic E-state index is -4.05. The topological polar surface area (TPSA) is 154 Å². The molecule has 0 heterocycles. The molecule has 0 fully saturated rings. The lowest BCUT2D eigenvalue weighted by molar-refractivity contribution is -0.114. The molecule has 0 unspecified atom stereocenters. The number of allylic oxidation sites excluding steroid dienone is 1. The second-order valence-corrected chi connectivity index (χ2v) is 8.75. The average molecular weight is 486 g/mol. The van der Waals surface area contributed by atoms with Gasteiger partial charge in [-0.3, -0.25) is 4.79 Å². The average Bonchev–Trinajstić information content (AvgIpc) is 2.83. The molecule has 0 aliphatic carbocycles. The van der Waals surface area contributed by atoms with Gasteiger partial charge in [0.05, 0.1) is 10.6 Å². The number of anilines is 1. The van der Waals surface area contributed by atoms with E-state index in [0.717, 1.165) is 6.07 Å². The summed E-state index contributed by atoms with van der Waals surface area (Å²) in [6.45, 7) is 1.38. The summed E-state index contributed by atoms with van der Waals surface area (Å²) in [5.41, 5.74) is 6.54. The fourth-order valence-electron chi connectivity index (χ4n) is 3.20. The Hall–Kier alpha value is -4.09. The van der Waals surface area contributed by atoms with Crippen molar-refractivity contribution >= 4 is 33.0 Å². The number of carbonyl (C=O) groups is 1. The number of nitrogens with two attached hydrogens (primary N) is 3. The van der Waals surface area contributed by atoms with Crippen LogP contribution in [-0.4, -0.2) is 20.2 Å². The molecule has 0 saturated heterocycles. The molecule has 11 heteroatoms. The molecule has 0 bridgehead atoms. The van der Waals surface area contributed by atoms with Gasteiger partial charge in [-0.25, -0.2) is 22.3 Å². The first-order valence-corrected chi connectivity index (χ1v) is 11.3. The Morgan fingerprint density at radius 3 is 2.32 bits per heavy atom. The highest BCUT2D eigenvalue weighted by Gasteiger charge is 2.19. The van der Waals surface area contributed by atoms with Crippen LogP contribution in [0, 0.1) is 5.82 Å². The molecule has 3 aromatic rings. The fraction of sp³-hybridized carbons (Fsp3) is 0.0435. The molecule has 34 heavy (non-hydrogen) atoms. The van der Waals surface area contributed by atoms with Crippen molar-refractivity contribution in [1.82, 2.24) is 0 Å². The highest BCUT2D eigenvalue weighted by molar-refractivity contribution is 7.89. The molecule has 0 aliphatic heterocycles. The van der Waals surface area contributed by atoms with Crippen LogP contribution < -0.4 is 22.0 Å². The number of amides is 1. The molecule has 0 aromatic heterocycles. The van der Waals surface area contributed by atoms with Crippen molar-refractivity contribution in [2.24, 2.45) is 21.8 Å². The van der Waals surface area contributed by atoms with Crippen LogP contribution >= 0.6 is 0 Å². The van der Waals surface area contributed by atoms with Gasteiger partial charge in [0.1, 0.15) is 11.7 Å². The van der Waals surface area contributed by atoms with Crippen LogP contribution in [-0.2, 0) is 14.8 Å². The van der Waals surface area contributed by atoms with Crippen LogP contribution in [0.25, 0.3) is 16.7 Å². The van der Waals surface area contributed by atoms with Crippen molar-refractivity contribution in [3.05, 3.63) is 89.5 Å². The first-order chi connectivity index (χ1) is 16.0. The SMILES string of the molecule is C/C(=C(\F)C(=O)Nc1ccc(-c2ccccc2S(N)(=O)=O)cc1F)c1cccc(/C(N)=N/N)c1. The van der Waals surface area contributed by atoms with Gasteiger partial charge in [-0.05, 0) is 47.9 Å². The van der Waals surface area contributed by atoms with Gasteiger partial charge in [-0.1, -0.05) is 42.5 Å². The number of carbonyl (C=O) groups excluding carboxylic acids is 1. The monoisotopic (exact) mass is 485 g/mol. The smallest absolute Gasteiger partial charge is 0.284 e. The Morgan fingerprint density at radius 2 is 1.68 bits per heavy atom. The molecular formula is C23H21F2N5O3S. The normalized spacial score (nSPS) is 12.8.